The summed E-state index contributed by atoms with van der Waals surface area (Å²) < 4.78 is 1.79. The van der Waals surface area contributed by atoms with Crippen LogP contribution in [0.5, 0.6) is 0 Å². The highest BCUT2D eigenvalue weighted by atomic mass is 16.2. The van der Waals surface area contributed by atoms with E-state index in [0.29, 0.717) is 0 Å². The minimum Gasteiger partial charge on any atom is -0.383 e. The molecule has 0 aliphatic carbocycles. The normalized spacial score (nSPS) is 12.9. The number of carbonyl (C=O) groups is 1. The average Bonchev–Trinajstić information content (AvgIpc) is 3.09. The summed E-state index contributed by atoms with van der Waals surface area (Å²) in [5, 5.41) is 7.51. The molecule has 1 aliphatic heterocycles. The molecule has 2 aromatic carbocycles. The van der Waals surface area contributed by atoms with Gasteiger partial charge >= 0.3 is 0 Å². The monoisotopic (exact) mass is 347 g/mol. The molecule has 132 valence electrons. The van der Waals surface area contributed by atoms with E-state index in [1.807, 2.05) is 23.1 Å². The van der Waals surface area contributed by atoms with Crippen LogP contribution in [0, 0.1) is 0 Å². The van der Waals surface area contributed by atoms with Gasteiger partial charge in [-0.25, -0.2) is 4.98 Å². The molecule has 0 saturated carbocycles. The highest BCUT2D eigenvalue weighted by Crippen LogP contribution is 2.37. The number of fused-ring (bicyclic) bond motifs is 2. The number of nitrogens with one attached hydrogen (secondary N) is 1. The summed E-state index contributed by atoms with van der Waals surface area (Å²) in [6.45, 7) is 3.09. The topological polar surface area (TPSA) is 63.1 Å². The van der Waals surface area contributed by atoms with Gasteiger partial charge in [-0.1, -0.05) is 24.3 Å². The summed E-state index contributed by atoms with van der Waals surface area (Å²) in [6.07, 6.45) is 5.10. The van der Waals surface area contributed by atoms with Crippen LogP contribution < -0.4 is 10.2 Å². The maximum absolute atomic E-state index is 12.4. The van der Waals surface area contributed by atoms with E-state index in [1.165, 1.54) is 17.5 Å². The second-order valence-corrected chi connectivity index (χ2v) is 6.41. The highest BCUT2D eigenvalue weighted by molar-refractivity contribution is 6.01. The smallest absolute Gasteiger partial charge is 0.228 e. The van der Waals surface area contributed by atoms with Gasteiger partial charge < -0.3 is 5.32 Å². The number of hydrogen-bond acceptors (Lipinski definition) is 4. The lowest BCUT2D eigenvalue weighted by Gasteiger charge is -2.24. The van der Waals surface area contributed by atoms with Gasteiger partial charge in [0.25, 0.3) is 0 Å². The van der Waals surface area contributed by atoms with Crippen molar-refractivity contribution < 1.29 is 4.79 Å². The Hall–Kier alpha value is -3.15. The van der Waals surface area contributed by atoms with Gasteiger partial charge in [0.15, 0.2) is 0 Å². The average molecular weight is 347 g/mol. The zero-order chi connectivity index (χ0) is 17.9. The number of benzene rings is 2. The summed E-state index contributed by atoms with van der Waals surface area (Å²) in [5.74, 6) is 0.0281. The van der Waals surface area contributed by atoms with Crippen LogP contribution in [0.4, 0.5) is 17.1 Å². The molecule has 3 aromatic rings. The number of aryl methyl sites for hydroxylation is 2. The van der Waals surface area contributed by atoms with Gasteiger partial charge in [-0.3, -0.25) is 14.4 Å². The van der Waals surface area contributed by atoms with Crippen LogP contribution in [0.25, 0.3) is 0 Å². The molecule has 0 bridgehead atoms. The van der Waals surface area contributed by atoms with Crippen molar-refractivity contribution in [3.05, 3.63) is 66.2 Å². The second-order valence-electron chi connectivity index (χ2n) is 6.41. The van der Waals surface area contributed by atoms with Gasteiger partial charge in [0.05, 0.1) is 17.9 Å². The number of nitrogens with zero attached hydrogens (tertiary/aromatic N) is 4. The molecule has 6 nitrogen and oxygen atoms in total. The first-order chi connectivity index (χ1) is 12.7. The van der Waals surface area contributed by atoms with Gasteiger partial charge in [0.1, 0.15) is 12.7 Å². The molecular weight excluding hydrogens is 326 g/mol. The lowest BCUT2D eigenvalue weighted by atomic mass is 10.0. The predicted octanol–water partition coefficient (Wildman–Crippen LogP) is 3.17. The van der Waals surface area contributed by atoms with Gasteiger partial charge in [0.2, 0.25) is 5.91 Å². The molecule has 1 aliphatic rings. The lowest BCUT2D eigenvalue weighted by molar-refractivity contribution is -0.115. The SMILES string of the molecule is CC(=O)N1c2ccccc2CCc2ccc(NCCn3cncn3)cc21. The van der Waals surface area contributed by atoms with Gasteiger partial charge in [0, 0.05) is 19.2 Å². The van der Waals surface area contributed by atoms with Crippen molar-refractivity contribution in [3.8, 4) is 0 Å². The molecule has 1 aromatic heterocycles. The zero-order valence-electron chi connectivity index (χ0n) is 14.7. The molecule has 4 rings (SSSR count). The number of carbonyl (C=O) groups excluding carboxylic acids is 1. The van der Waals surface area contributed by atoms with Crippen molar-refractivity contribution in [2.75, 3.05) is 16.8 Å². The van der Waals surface area contributed by atoms with Crippen molar-refractivity contribution in [2.45, 2.75) is 26.3 Å². The molecule has 6 heteroatoms. The van der Waals surface area contributed by atoms with Crippen LogP contribution in [0.15, 0.2) is 55.1 Å². The van der Waals surface area contributed by atoms with Gasteiger partial charge in [-0.15, -0.1) is 0 Å². The van der Waals surface area contributed by atoms with Crippen molar-refractivity contribution in [3.63, 3.8) is 0 Å². The highest BCUT2D eigenvalue weighted by Gasteiger charge is 2.23. The first-order valence-corrected chi connectivity index (χ1v) is 8.80. The quantitative estimate of drug-likeness (QED) is 0.787. The number of hydrogen-bond donors (Lipinski definition) is 1. The third kappa shape index (κ3) is 3.18. The molecule has 0 atom stereocenters. The Morgan fingerprint density at radius 2 is 1.92 bits per heavy atom. The Bertz CT molecular complexity index is 920. The Labute approximate surface area is 152 Å². The van der Waals surface area contributed by atoms with E-state index in [9.17, 15) is 4.79 Å². The Morgan fingerprint density at radius 3 is 2.69 bits per heavy atom. The minimum absolute atomic E-state index is 0.0281. The van der Waals surface area contributed by atoms with E-state index >= 15 is 0 Å². The number of amides is 1. The number of rotatable bonds is 4. The molecule has 1 N–H and O–H groups in total. The summed E-state index contributed by atoms with van der Waals surface area (Å²) >= 11 is 0. The molecule has 0 radical (unpaired) electrons. The first kappa shape index (κ1) is 16.3. The van der Waals surface area contributed by atoms with E-state index in [1.54, 1.807) is 17.9 Å². The van der Waals surface area contributed by atoms with Crippen molar-refractivity contribution in [2.24, 2.45) is 0 Å². The van der Waals surface area contributed by atoms with Crippen LogP contribution in [0.1, 0.15) is 18.1 Å². The molecule has 0 fully saturated rings. The molecular formula is C20H21N5O. The van der Waals surface area contributed by atoms with E-state index in [0.717, 1.165) is 43.0 Å². The Balaban J connectivity index is 1.62. The van der Waals surface area contributed by atoms with Crippen molar-refractivity contribution in [1.82, 2.24) is 14.8 Å². The largest absolute Gasteiger partial charge is 0.383 e. The van der Waals surface area contributed by atoms with Crippen molar-refractivity contribution in [1.29, 1.82) is 0 Å². The summed E-state index contributed by atoms with van der Waals surface area (Å²) in [6, 6.07) is 14.4. The Morgan fingerprint density at radius 1 is 1.12 bits per heavy atom. The standard InChI is InChI=1S/C20H21N5O/c1-15(26)25-19-5-3-2-4-16(19)6-7-17-8-9-18(12-20(17)25)22-10-11-24-14-21-13-23-24/h2-5,8-9,12-14,22H,6-7,10-11H2,1H3. The zero-order valence-corrected chi connectivity index (χ0v) is 14.7. The van der Waals surface area contributed by atoms with Gasteiger partial charge in [-0.2, -0.15) is 5.10 Å². The van der Waals surface area contributed by atoms with Crippen LogP contribution in [-0.4, -0.2) is 27.2 Å². The summed E-state index contributed by atoms with van der Waals surface area (Å²) in [4.78, 5) is 18.2. The molecule has 0 saturated heterocycles. The van der Waals surface area contributed by atoms with Crippen LogP contribution >= 0.6 is 0 Å². The van der Waals surface area contributed by atoms with E-state index in [4.69, 9.17) is 0 Å². The van der Waals surface area contributed by atoms with Gasteiger partial charge in [-0.05, 0) is 42.2 Å². The predicted molar refractivity (Wildman–Crippen MR) is 102 cm³/mol. The Kier molecular flexibility index (Phi) is 4.39. The third-order valence-corrected chi connectivity index (χ3v) is 4.67. The maximum Gasteiger partial charge on any atom is 0.228 e. The fraction of sp³-hybridized carbons (Fsp3) is 0.250. The van der Waals surface area contributed by atoms with Crippen LogP contribution in [0.3, 0.4) is 0 Å². The first-order valence-electron chi connectivity index (χ1n) is 8.80. The molecule has 26 heavy (non-hydrogen) atoms. The maximum atomic E-state index is 12.4. The van der Waals surface area contributed by atoms with Crippen LogP contribution in [0.2, 0.25) is 0 Å². The third-order valence-electron chi connectivity index (χ3n) is 4.67. The minimum atomic E-state index is 0.0281. The fourth-order valence-corrected chi connectivity index (χ4v) is 3.44. The molecule has 0 spiro atoms. The molecule has 1 amide bonds. The lowest BCUT2D eigenvalue weighted by Crippen LogP contribution is -2.24. The van der Waals surface area contributed by atoms with E-state index < -0.39 is 0 Å². The van der Waals surface area contributed by atoms with Crippen LogP contribution in [-0.2, 0) is 24.2 Å². The van der Waals surface area contributed by atoms with Crippen molar-refractivity contribution >= 4 is 23.0 Å². The summed E-state index contributed by atoms with van der Waals surface area (Å²) in [7, 11) is 0. The second kappa shape index (κ2) is 7.00. The number of aromatic nitrogens is 3. The molecule has 0 unspecified atom stereocenters. The number of para-hydroxylation sites is 1. The van der Waals surface area contributed by atoms with E-state index in [2.05, 4.69) is 39.7 Å². The fourth-order valence-electron chi connectivity index (χ4n) is 3.44. The summed E-state index contributed by atoms with van der Waals surface area (Å²) in [5.41, 5.74) is 5.35. The van der Waals surface area contributed by atoms with E-state index in [-0.39, 0.29) is 5.91 Å². The number of anilines is 3. The molecule has 2 heterocycles.